The minimum atomic E-state index is -0.130. The molecule has 0 aromatic carbocycles. The van der Waals surface area contributed by atoms with Crippen molar-refractivity contribution in [1.82, 2.24) is 10.6 Å². The molecule has 0 heterocycles. The van der Waals surface area contributed by atoms with E-state index in [4.69, 9.17) is 4.74 Å². The fourth-order valence-electron chi connectivity index (χ4n) is 1.96. The molecule has 0 radical (unpaired) electrons. The van der Waals surface area contributed by atoms with E-state index in [2.05, 4.69) is 17.6 Å². The van der Waals surface area contributed by atoms with Crippen molar-refractivity contribution < 1.29 is 9.53 Å². The Balaban J connectivity index is 2.10. The van der Waals surface area contributed by atoms with E-state index in [0.717, 1.165) is 31.7 Å². The number of carbonyl (C=O) groups excluding carboxylic acids is 1. The maximum absolute atomic E-state index is 11.6. The first-order chi connectivity index (χ1) is 7.96. The Morgan fingerprint density at radius 1 is 1.41 bits per heavy atom. The van der Waals surface area contributed by atoms with E-state index < -0.39 is 0 Å². The molecule has 0 aliphatic heterocycles. The van der Waals surface area contributed by atoms with Gasteiger partial charge in [0.15, 0.2) is 0 Å². The third-order valence-corrected chi connectivity index (χ3v) is 3.50. The fourth-order valence-corrected chi connectivity index (χ4v) is 1.96. The molecule has 0 spiro atoms. The molecule has 1 aliphatic rings. The lowest BCUT2D eigenvalue weighted by atomic mass is 9.82. The second-order valence-electron chi connectivity index (χ2n) is 5.61. The van der Waals surface area contributed by atoms with Crippen molar-refractivity contribution in [3.05, 3.63) is 0 Å². The maximum atomic E-state index is 11.6. The molecule has 0 atom stereocenters. The number of hydrogen-bond acceptors (Lipinski definition) is 3. The molecule has 1 amide bonds. The van der Waals surface area contributed by atoms with Crippen LogP contribution < -0.4 is 10.6 Å². The Hall–Kier alpha value is -0.610. The van der Waals surface area contributed by atoms with Crippen molar-refractivity contribution >= 4 is 5.91 Å². The Morgan fingerprint density at radius 2 is 2.06 bits per heavy atom. The molecule has 1 aliphatic carbocycles. The predicted molar refractivity (Wildman–Crippen MR) is 68.9 cm³/mol. The highest BCUT2D eigenvalue weighted by atomic mass is 16.5. The monoisotopic (exact) mass is 242 g/mol. The van der Waals surface area contributed by atoms with Crippen molar-refractivity contribution in [3.63, 3.8) is 0 Å². The summed E-state index contributed by atoms with van der Waals surface area (Å²) in [6, 6.07) is 0. The zero-order chi connectivity index (χ0) is 12.9. The van der Waals surface area contributed by atoms with Gasteiger partial charge in [0, 0.05) is 5.54 Å². The zero-order valence-electron chi connectivity index (χ0n) is 11.5. The van der Waals surface area contributed by atoms with E-state index in [-0.39, 0.29) is 24.2 Å². The predicted octanol–water partition coefficient (Wildman–Crippen LogP) is 1.31. The number of hydrogen-bond donors (Lipinski definition) is 2. The van der Waals surface area contributed by atoms with Crippen LogP contribution in [0.1, 0.15) is 40.0 Å². The lowest BCUT2D eigenvalue weighted by molar-refractivity contribution is -0.132. The van der Waals surface area contributed by atoms with Crippen LogP contribution in [0.2, 0.25) is 0 Å². The molecule has 0 aromatic rings. The first kappa shape index (κ1) is 14.5. The summed E-state index contributed by atoms with van der Waals surface area (Å²) in [7, 11) is 1.97. The van der Waals surface area contributed by atoms with Crippen molar-refractivity contribution in [2.45, 2.75) is 51.7 Å². The molecule has 0 saturated heterocycles. The molecule has 1 saturated carbocycles. The van der Waals surface area contributed by atoms with Gasteiger partial charge in [-0.2, -0.15) is 0 Å². The minimum Gasteiger partial charge on any atom is -0.368 e. The van der Waals surface area contributed by atoms with Crippen LogP contribution in [0.5, 0.6) is 0 Å². The summed E-state index contributed by atoms with van der Waals surface area (Å²) >= 11 is 0. The van der Waals surface area contributed by atoms with E-state index in [0.29, 0.717) is 0 Å². The zero-order valence-corrected chi connectivity index (χ0v) is 11.5. The first-order valence-corrected chi connectivity index (χ1v) is 6.54. The summed E-state index contributed by atoms with van der Waals surface area (Å²) in [6.07, 6.45) is 3.35. The van der Waals surface area contributed by atoms with Crippen LogP contribution >= 0.6 is 0 Å². The fraction of sp³-hybridized carbons (Fsp3) is 0.923. The SMILES string of the molecule is CCC(C)(C)NC(=O)COC1CC(CNC)C1. The Kier molecular flexibility index (Phi) is 5.40. The molecule has 4 heteroatoms. The third-order valence-electron chi connectivity index (χ3n) is 3.50. The van der Waals surface area contributed by atoms with Crippen LogP contribution in [0.25, 0.3) is 0 Å². The molecule has 1 fully saturated rings. The van der Waals surface area contributed by atoms with Crippen molar-refractivity contribution in [1.29, 1.82) is 0 Å². The van der Waals surface area contributed by atoms with E-state index in [1.165, 1.54) is 0 Å². The highest BCUT2D eigenvalue weighted by Crippen LogP contribution is 2.29. The number of carbonyl (C=O) groups is 1. The lowest BCUT2D eigenvalue weighted by Gasteiger charge is -2.35. The van der Waals surface area contributed by atoms with Crippen LogP contribution in [0.15, 0.2) is 0 Å². The minimum absolute atomic E-state index is 0.00563. The van der Waals surface area contributed by atoms with Crippen LogP contribution in [0.3, 0.4) is 0 Å². The second-order valence-corrected chi connectivity index (χ2v) is 5.61. The van der Waals surface area contributed by atoms with E-state index in [1.807, 2.05) is 20.9 Å². The molecule has 17 heavy (non-hydrogen) atoms. The van der Waals surface area contributed by atoms with Gasteiger partial charge in [0.2, 0.25) is 5.91 Å². The number of ether oxygens (including phenoxy) is 1. The van der Waals surface area contributed by atoms with E-state index in [1.54, 1.807) is 0 Å². The molecular weight excluding hydrogens is 216 g/mol. The molecule has 0 aromatic heterocycles. The van der Waals surface area contributed by atoms with Crippen molar-refractivity contribution in [2.75, 3.05) is 20.2 Å². The molecule has 0 unspecified atom stereocenters. The van der Waals surface area contributed by atoms with Gasteiger partial charge in [-0.05, 0) is 52.6 Å². The highest BCUT2D eigenvalue weighted by Gasteiger charge is 2.29. The van der Waals surface area contributed by atoms with Gasteiger partial charge in [0.1, 0.15) is 6.61 Å². The van der Waals surface area contributed by atoms with Gasteiger partial charge in [-0.25, -0.2) is 0 Å². The van der Waals surface area contributed by atoms with Gasteiger partial charge >= 0.3 is 0 Å². The third kappa shape index (κ3) is 5.04. The average molecular weight is 242 g/mol. The first-order valence-electron chi connectivity index (χ1n) is 6.54. The Labute approximate surface area is 104 Å². The summed E-state index contributed by atoms with van der Waals surface area (Å²) in [6.45, 7) is 7.36. The van der Waals surface area contributed by atoms with Gasteiger partial charge in [-0.1, -0.05) is 6.92 Å². The maximum Gasteiger partial charge on any atom is 0.246 e. The van der Waals surface area contributed by atoms with Crippen LogP contribution in [-0.4, -0.2) is 37.7 Å². The van der Waals surface area contributed by atoms with E-state index in [9.17, 15) is 4.79 Å². The van der Waals surface area contributed by atoms with Crippen LogP contribution in [-0.2, 0) is 9.53 Å². The van der Waals surface area contributed by atoms with Crippen molar-refractivity contribution in [2.24, 2.45) is 5.92 Å². The number of nitrogens with one attached hydrogen (secondary N) is 2. The Bertz CT molecular complexity index is 248. The normalized spacial score (nSPS) is 24.2. The molecule has 0 bridgehead atoms. The average Bonchev–Trinajstić information content (AvgIpc) is 2.20. The van der Waals surface area contributed by atoms with Gasteiger partial charge in [0.05, 0.1) is 6.10 Å². The van der Waals surface area contributed by atoms with Gasteiger partial charge in [-0.15, -0.1) is 0 Å². The van der Waals surface area contributed by atoms with Gasteiger partial charge in [-0.3, -0.25) is 4.79 Å². The largest absolute Gasteiger partial charge is 0.368 e. The van der Waals surface area contributed by atoms with Crippen LogP contribution in [0, 0.1) is 5.92 Å². The van der Waals surface area contributed by atoms with Gasteiger partial charge in [0.25, 0.3) is 0 Å². The second kappa shape index (κ2) is 6.36. The molecule has 2 N–H and O–H groups in total. The Morgan fingerprint density at radius 3 is 2.59 bits per heavy atom. The quantitative estimate of drug-likeness (QED) is 0.707. The summed E-state index contributed by atoms with van der Waals surface area (Å²) in [5, 5.41) is 6.13. The lowest BCUT2D eigenvalue weighted by Crippen LogP contribution is -2.46. The summed E-state index contributed by atoms with van der Waals surface area (Å²) in [5.41, 5.74) is -0.130. The summed E-state index contributed by atoms with van der Waals surface area (Å²) in [5.74, 6) is 0.717. The summed E-state index contributed by atoms with van der Waals surface area (Å²) < 4.78 is 5.57. The number of rotatable bonds is 7. The summed E-state index contributed by atoms with van der Waals surface area (Å²) in [4.78, 5) is 11.6. The molecule has 1 rings (SSSR count). The number of amides is 1. The molecular formula is C13H26N2O2. The van der Waals surface area contributed by atoms with E-state index >= 15 is 0 Å². The van der Waals surface area contributed by atoms with Gasteiger partial charge < -0.3 is 15.4 Å². The molecule has 4 nitrogen and oxygen atoms in total. The molecule has 100 valence electrons. The van der Waals surface area contributed by atoms with Crippen LogP contribution in [0.4, 0.5) is 0 Å². The highest BCUT2D eigenvalue weighted by molar-refractivity contribution is 5.77. The van der Waals surface area contributed by atoms with Crippen molar-refractivity contribution in [3.8, 4) is 0 Å². The standard InChI is InChI=1S/C13H26N2O2/c1-5-13(2,3)15-12(16)9-17-11-6-10(7-11)8-14-4/h10-11,14H,5-9H2,1-4H3,(H,15,16). The topological polar surface area (TPSA) is 50.4 Å². The smallest absolute Gasteiger partial charge is 0.246 e.